The Kier molecular flexibility index (Phi) is 10.8. The molecule has 0 bridgehead atoms. The van der Waals surface area contributed by atoms with Gasteiger partial charge in [-0.25, -0.2) is 32.0 Å². The second-order valence-electron chi connectivity index (χ2n) is 14.2. The van der Waals surface area contributed by atoms with Crippen molar-refractivity contribution >= 4 is 12.0 Å². The number of amides is 2. The molecule has 13 heteroatoms. The topological polar surface area (TPSA) is 89.8 Å². The number of benzene rings is 3. The molecule has 9 nitrogen and oxygen atoms in total. The van der Waals surface area contributed by atoms with E-state index in [1.54, 1.807) is 12.1 Å². The quantitative estimate of drug-likeness (QED) is 0.163. The van der Waals surface area contributed by atoms with E-state index in [0.29, 0.717) is 25.0 Å². The highest BCUT2D eigenvalue weighted by Crippen LogP contribution is 2.41. The SMILES string of the molecule is CC(C)(C)[C@H](c1nc(-c2cc(F)ccc2F)nn1Cc1cccc(F)c1)N(C[C@@H]1CN(C(=O)OCc2ccccc2)C[C@@H]1F)C(=O)[C@@H]1CCCO1. The van der Waals surface area contributed by atoms with Crippen LogP contribution in [-0.4, -0.2) is 75.1 Å². The first kappa shape index (κ1) is 36.0. The molecule has 0 spiro atoms. The summed E-state index contributed by atoms with van der Waals surface area (Å²) in [6.07, 6.45) is -1.80. The van der Waals surface area contributed by atoms with Gasteiger partial charge in [0.2, 0.25) is 0 Å². The standard InChI is InChI=1S/C38H41F4N5O4/c1-38(2,3)33(35-43-34(29-18-28(40)14-15-30(29)41)44-47(35)19-25-11-7-12-27(39)17-25)46(36(48)32-13-8-16-50-32)21-26-20-45(22-31(26)42)37(49)51-23-24-9-5-4-6-10-24/h4-7,9-12,14-15,17-18,26,31-33H,8,13,16,19-23H2,1-3H3/t26-,31-,32-,33-/m0/s1. The van der Waals surface area contributed by atoms with E-state index in [1.165, 1.54) is 26.6 Å². The first-order valence-electron chi connectivity index (χ1n) is 17.0. The summed E-state index contributed by atoms with van der Waals surface area (Å²) in [7, 11) is 0. The summed E-state index contributed by atoms with van der Waals surface area (Å²) >= 11 is 0. The zero-order valence-electron chi connectivity index (χ0n) is 28.8. The molecule has 0 N–H and O–H groups in total. The lowest BCUT2D eigenvalue weighted by atomic mass is 9.83. The fraction of sp³-hybridized carbons (Fsp3) is 0.421. The van der Waals surface area contributed by atoms with Crippen LogP contribution in [0.2, 0.25) is 0 Å². The molecule has 3 aromatic carbocycles. The van der Waals surface area contributed by atoms with E-state index in [2.05, 4.69) is 5.10 Å². The van der Waals surface area contributed by atoms with Crippen molar-refractivity contribution < 1.29 is 36.6 Å². The molecule has 6 rings (SSSR count). The van der Waals surface area contributed by atoms with Crippen LogP contribution in [0.1, 0.15) is 56.6 Å². The molecule has 0 aliphatic carbocycles. The van der Waals surface area contributed by atoms with Gasteiger partial charge in [-0.15, -0.1) is 0 Å². The number of nitrogens with zero attached hydrogens (tertiary/aromatic N) is 5. The van der Waals surface area contributed by atoms with Gasteiger partial charge in [0.1, 0.15) is 36.3 Å². The summed E-state index contributed by atoms with van der Waals surface area (Å²) in [5, 5.41) is 4.57. The van der Waals surface area contributed by atoms with Gasteiger partial charge in [-0.3, -0.25) is 4.79 Å². The lowest BCUT2D eigenvalue weighted by molar-refractivity contribution is -0.147. The van der Waals surface area contributed by atoms with Crippen LogP contribution < -0.4 is 0 Å². The zero-order chi connectivity index (χ0) is 36.3. The van der Waals surface area contributed by atoms with Crippen LogP contribution in [0, 0.1) is 28.8 Å². The van der Waals surface area contributed by atoms with Crippen LogP contribution in [0.25, 0.3) is 11.4 Å². The van der Waals surface area contributed by atoms with Gasteiger partial charge in [-0.2, -0.15) is 5.10 Å². The van der Waals surface area contributed by atoms with Crippen LogP contribution in [0.5, 0.6) is 0 Å². The molecule has 1 aromatic heterocycles. The van der Waals surface area contributed by atoms with Gasteiger partial charge in [0, 0.05) is 25.6 Å². The maximum atomic E-state index is 15.9. The average molecular weight is 708 g/mol. The van der Waals surface area contributed by atoms with Gasteiger partial charge < -0.3 is 19.3 Å². The lowest BCUT2D eigenvalue weighted by Crippen LogP contribution is -2.49. The second kappa shape index (κ2) is 15.2. The van der Waals surface area contributed by atoms with Crippen molar-refractivity contribution in [2.45, 2.75) is 65.1 Å². The van der Waals surface area contributed by atoms with Gasteiger partial charge >= 0.3 is 6.09 Å². The first-order valence-corrected chi connectivity index (χ1v) is 17.0. The fourth-order valence-corrected chi connectivity index (χ4v) is 6.75. The van der Waals surface area contributed by atoms with Gasteiger partial charge in [0.05, 0.1) is 24.7 Å². The molecule has 51 heavy (non-hydrogen) atoms. The van der Waals surface area contributed by atoms with Crippen molar-refractivity contribution in [2.75, 3.05) is 26.2 Å². The molecule has 2 saturated heterocycles. The van der Waals surface area contributed by atoms with Crippen LogP contribution in [0.4, 0.5) is 22.4 Å². The zero-order valence-corrected chi connectivity index (χ0v) is 28.8. The number of aromatic nitrogens is 3. The average Bonchev–Trinajstić information content (AvgIpc) is 3.85. The van der Waals surface area contributed by atoms with Crippen molar-refractivity contribution in [3.8, 4) is 11.4 Å². The Bertz CT molecular complexity index is 1840. The lowest BCUT2D eigenvalue weighted by Gasteiger charge is -2.41. The van der Waals surface area contributed by atoms with Gasteiger partial charge in [0.15, 0.2) is 11.6 Å². The van der Waals surface area contributed by atoms with Crippen LogP contribution in [-0.2, 0) is 27.4 Å². The summed E-state index contributed by atoms with van der Waals surface area (Å²) in [6, 6.07) is 17.1. The summed E-state index contributed by atoms with van der Waals surface area (Å²) in [4.78, 5) is 35.0. The van der Waals surface area contributed by atoms with Crippen molar-refractivity contribution in [3.63, 3.8) is 0 Å². The smallest absolute Gasteiger partial charge is 0.410 e. The highest BCUT2D eigenvalue weighted by atomic mass is 19.1. The summed E-state index contributed by atoms with van der Waals surface area (Å²) in [5.74, 6) is -3.02. The highest BCUT2D eigenvalue weighted by molar-refractivity contribution is 5.82. The third-order valence-electron chi connectivity index (χ3n) is 9.21. The normalized spacial score (nSPS) is 19.7. The third kappa shape index (κ3) is 8.41. The number of likely N-dealkylation sites (tertiary alicyclic amines) is 1. The van der Waals surface area contributed by atoms with Crippen molar-refractivity contribution in [1.82, 2.24) is 24.6 Å². The minimum absolute atomic E-state index is 0.00328. The number of carbonyl (C=O) groups excluding carboxylic acids is 2. The molecular formula is C38H41F4N5O4. The molecule has 2 aliphatic heterocycles. The molecule has 4 atom stereocenters. The Labute approximate surface area is 294 Å². The Morgan fingerprint density at radius 3 is 2.43 bits per heavy atom. The number of hydrogen-bond acceptors (Lipinski definition) is 6. The predicted octanol–water partition coefficient (Wildman–Crippen LogP) is 7.11. The van der Waals surface area contributed by atoms with Gasteiger partial charge in [0.25, 0.3) is 5.91 Å². The molecule has 0 radical (unpaired) electrons. The molecule has 2 fully saturated rings. The number of ether oxygens (including phenoxy) is 2. The first-order chi connectivity index (χ1) is 24.4. The Balaban J connectivity index is 1.37. The van der Waals surface area contributed by atoms with Crippen molar-refractivity contribution in [2.24, 2.45) is 11.3 Å². The Hall–Kier alpha value is -4.78. The Morgan fingerprint density at radius 1 is 0.980 bits per heavy atom. The second-order valence-corrected chi connectivity index (χ2v) is 14.2. The molecule has 0 saturated carbocycles. The maximum absolute atomic E-state index is 15.9. The predicted molar refractivity (Wildman–Crippen MR) is 180 cm³/mol. The highest BCUT2D eigenvalue weighted by Gasteiger charge is 2.45. The molecule has 4 aromatic rings. The largest absolute Gasteiger partial charge is 0.445 e. The van der Waals surface area contributed by atoms with Crippen LogP contribution in [0.3, 0.4) is 0 Å². The Morgan fingerprint density at radius 2 is 1.73 bits per heavy atom. The molecule has 3 heterocycles. The van der Waals surface area contributed by atoms with E-state index >= 15 is 8.78 Å². The summed E-state index contributed by atoms with van der Waals surface area (Å²) < 4.78 is 72.4. The van der Waals surface area contributed by atoms with Gasteiger partial charge in [-0.05, 0) is 59.7 Å². The molecular weight excluding hydrogens is 666 g/mol. The van der Waals surface area contributed by atoms with E-state index in [0.717, 1.165) is 23.8 Å². The molecule has 270 valence electrons. The van der Waals surface area contributed by atoms with Gasteiger partial charge in [-0.1, -0.05) is 63.2 Å². The molecule has 2 aliphatic rings. The molecule has 0 unspecified atom stereocenters. The summed E-state index contributed by atoms with van der Waals surface area (Å²) in [6.45, 7) is 5.73. The third-order valence-corrected chi connectivity index (χ3v) is 9.21. The van der Waals surface area contributed by atoms with E-state index in [1.807, 2.05) is 51.1 Å². The fourth-order valence-electron chi connectivity index (χ4n) is 6.75. The minimum atomic E-state index is -1.48. The van der Waals surface area contributed by atoms with E-state index < -0.39 is 53.2 Å². The van der Waals surface area contributed by atoms with Crippen LogP contribution in [0.15, 0.2) is 72.8 Å². The van der Waals surface area contributed by atoms with E-state index in [9.17, 15) is 18.4 Å². The number of rotatable bonds is 10. The van der Waals surface area contributed by atoms with Crippen LogP contribution >= 0.6 is 0 Å². The van der Waals surface area contributed by atoms with E-state index in [4.69, 9.17) is 14.5 Å². The van der Waals surface area contributed by atoms with E-state index in [-0.39, 0.29) is 55.9 Å². The van der Waals surface area contributed by atoms with Crippen molar-refractivity contribution in [3.05, 3.63) is 107 Å². The number of carbonyl (C=O) groups is 2. The number of alkyl halides is 1. The number of hydrogen-bond donors (Lipinski definition) is 0. The number of halogens is 4. The monoisotopic (exact) mass is 707 g/mol. The summed E-state index contributed by atoms with van der Waals surface area (Å²) in [5.41, 5.74) is 0.335. The minimum Gasteiger partial charge on any atom is -0.445 e. The molecule has 2 amide bonds. The van der Waals surface area contributed by atoms with Crippen molar-refractivity contribution in [1.29, 1.82) is 0 Å². The maximum Gasteiger partial charge on any atom is 0.410 e.